The summed E-state index contributed by atoms with van der Waals surface area (Å²) in [5.41, 5.74) is 1.08. The lowest BCUT2D eigenvalue weighted by molar-refractivity contribution is -0.122. The summed E-state index contributed by atoms with van der Waals surface area (Å²) >= 11 is 0. The molecule has 0 spiro atoms. The lowest BCUT2D eigenvalue weighted by Crippen LogP contribution is -2.51. The summed E-state index contributed by atoms with van der Waals surface area (Å²) in [6.07, 6.45) is 0. The molecule has 7 heteroatoms. The third-order valence-electron chi connectivity index (χ3n) is 4.52. The number of hydrogen-bond acceptors (Lipinski definition) is 5. The molecule has 1 fully saturated rings. The van der Waals surface area contributed by atoms with E-state index in [9.17, 15) is 9.59 Å². The van der Waals surface area contributed by atoms with E-state index in [2.05, 4.69) is 10.2 Å². The van der Waals surface area contributed by atoms with Crippen molar-refractivity contribution in [1.82, 2.24) is 15.1 Å². The molecular weight excluding hydrogens is 346 g/mol. The largest absolute Gasteiger partial charge is 0.453 e. The molecule has 2 amide bonds. The molecule has 0 aliphatic carbocycles. The van der Waals surface area contributed by atoms with Gasteiger partial charge in [0.1, 0.15) is 12.4 Å². The van der Waals surface area contributed by atoms with Gasteiger partial charge in [0.05, 0.1) is 6.54 Å². The van der Waals surface area contributed by atoms with Gasteiger partial charge in [0.2, 0.25) is 5.91 Å². The van der Waals surface area contributed by atoms with Crippen molar-refractivity contribution in [3.8, 4) is 0 Å². The van der Waals surface area contributed by atoms with Crippen LogP contribution in [0.2, 0.25) is 0 Å². The minimum Gasteiger partial charge on any atom is -0.453 e. The smallest absolute Gasteiger partial charge is 0.289 e. The lowest BCUT2D eigenvalue weighted by atomic mass is 10.2. The quantitative estimate of drug-likeness (QED) is 0.798. The number of carbonyl (C=O) groups excluding carboxylic acids is 2. The Labute approximate surface area is 158 Å². The highest BCUT2D eigenvalue weighted by molar-refractivity contribution is 5.91. The molecule has 0 bridgehead atoms. The number of furan rings is 1. The van der Waals surface area contributed by atoms with Crippen molar-refractivity contribution in [2.45, 2.75) is 13.2 Å². The Kier molecular flexibility index (Phi) is 6.62. The van der Waals surface area contributed by atoms with E-state index in [0.717, 1.165) is 5.56 Å². The van der Waals surface area contributed by atoms with Crippen LogP contribution in [0.3, 0.4) is 0 Å². The highest BCUT2D eigenvalue weighted by Gasteiger charge is 2.25. The number of nitrogens with one attached hydrogen (secondary N) is 1. The zero-order chi connectivity index (χ0) is 19.1. The van der Waals surface area contributed by atoms with Gasteiger partial charge in [-0.25, -0.2) is 0 Å². The number of amides is 2. The SMILES string of the molecule is COCc1ccc(C(=O)N2CCN(CC(=O)NCc3ccccc3)CC2)o1. The fraction of sp³-hybridized carbons (Fsp3) is 0.400. The van der Waals surface area contributed by atoms with E-state index in [0.29, 0.717) is 57.4 Å². The fourth-order valence-electron chi connectivity index (χ4n) is 3.03. The number of rotatable bonds is 7. The molecule has 1 saturated heterocycles. The topological polar surface area (TPSA) is 75.0 Å². The van der Waals surface area contributed by atoms with Crippen LogP contribution in [0.5, 0.6) is 0 Å². The summed E-state index contributed by atoms with van der Waals surface area (Å²) in [6, 6.07) is 13.3. The second kappa shape index (κ2) is 9.34. The first-order valence-electron chi connectivity index (χ1n) is 9.05. The Morgan fingerprint density at radius 3 is 2.52 bits per heavy atom. The molecule has 7 nitrogen and oxygen atoms in total. The van der Waals surface area contributed by atoms with Crippen molar-refractivity contribution in [2.24, 2.45) is 0 Å². The molecule has 144 valence electrons. The summed E-state index contributed by atoms with van der Waals surface area (Å²) in [4.78, 5) is 28.4. The van der Waals surface area contributed by atoms with Crippen LogP contribution < -0.4 is 5.32 Å². The maximum atomic E-state index is 12.5. The first kappa shape index (κ1) is 19.1. The predicted octanol–water partition coefficient (Wildman–Crippen LogP) is 1.50. The molecule has 27 heavy (non-hydrogen) atoms. The minimum absolute atomic E-state index is 0.00567. The second-order valence-electron chi connectivity index (χ2n) is 6.53. The maximum Gasteiger partial charge on any atom is 0.289 e. The molecule has 1 aliphatic rings. The number of ether oxygens (including phenoxy) is 1. The van der Waals surface area contributed by atoms with Gasteiger partial charge in [-0.1, -0.05) is 30.3 Å². The number of hydrogen-bond donors (Lipinski definition) is 1. The number of nitrogens with zero attached hydrogens (tertiary/aromatic N) is 2. The zero-order valence-electron chi connectivity index (χ0n) is 15.5. The van der Waals surface area contributed by atoms with E-state index in [1.807, 2.05) is 30.3 Å². The summed E-state index contributed by atoms with van der Waals surface area (Å²) in [6.45, 7) is 3.69. The van der Waals surface area contributed by atoms with E-state index in [1.54, 1.807) is 24.1 Å². The van der Waals surface area contributed by atoms with Crippen LogP contribution in [0.1, 0.15) is 21.9 Å². The molecule has 1 aromatic heterocycles. The molecule has 0 unspecified atom stereocenters. The van der Waals surface area contributed by atoms with Gasteiger partial charge in [0.15, 0.2) is 5.76 Å². The summed E-state index contributed by atoms with van der Waals surface area (Å²) in [5, 5.41) is 2.93. The first-order chi connectivity index (χ1) is 13.2. The Bertz CT molecular complexity index is 752. The highest BCUT2D eigenvalue weighted by Crippen LogP contribution is 2.13. The molecule has 3 rings (SSSR count). The van der Waals surface area contributed by atoms with Crippen molar-refractivity contribution in [3.63, 3.8) is 0 Å². The summed E-state index contributed by atoms with van der Waals surface area (Å²) < 4.78 is 10.5. The summed E-state index contributed by atoms with van der Waals surface area (Å²) in [5.74, 6) is 0.838. The number of carbonyl (C=O) groups is 2. The maximum absolute atomic E-state index is 12.5. The van der Waals surface area contributed by atoms with Gasteiger partial charge in [-0.2, -0.15) is 0 Å². The van der Waals surface area contributed by atoms with E-state index >= 15 is 0 Å². The van der Waals surface area contributed by atoms with Crippen LogP contribution >= 0.6 is 0 Å². The van der Waals surface area contributed by atoms with E-state index < -0.39 is 0 Å². The third-order valence-corrected chi connectivity index (χ3v) is 4.52. The molecule has 0 radical (unpaired) electrons. The van der Waals surface area contributed by atoms with Gasteiger partial charge in [-0.05, 0) is 17.7 Å². The molecule has 1 aliphatic heterocycles. The average molecular weight is 371 g/mol. The number of methoxy groups -OCH3 is 1. The van der Waals surface area contributed by atoms with Crippen LogP contribution in [0.4, 0.5) is 0 Å². The Morgan fingerprint density at radius 1 is 1.07 bits per heavy atom. The molecule has 0 saturated carbocycles. The van der Waals surface area contributed by atoms with Crippen molar-refractivity contribution < 1.29 is 18.7 Å². The second-order valence-corrected chi connectivity index (χ2v) is 6.53. The van der Waals surface area contributed by atoms with Crippen LogP contribution in [0.25, 0.3) is 0 Å². The van der Waals surface area contributed by atoms with Crippen molar-refractivity contribution >= 4 is 11.8 Å². The predicted molar refractivity (Wildman–Crippen MR) is 100 cm³/mol. The standard InChI is InChI=1S/C20H25N3O4/c1-26-15-17-7-8-18(27-17)20(25)23-11-9-22(10-12-23)14-19(24)21-13-16-5-3-2-4-6-16/h2-8H,9-15H2,1H3,(H,21,24). The van der Waals surface area contributed by atoms with Crippen molar-refractivity contribution in [2.75, 3.05) is 39.8 Å². The van der Waals surface area contributed by atoms with Gasteiger partial charge in [-0.15, -0.1) is 0 Å². The van der Waals surface area contributed by atoms with Crippen molar-refractivity contribution in [3.05, 3.63) is 59.5 Å². The minimum atomic E-state index is -0.120. The Morgan fingerprint density at radius 2 is 1.81 bits per heavy atom. The first-order valence-corrected chi connectivity index (χ1v) is 9.05. The van der Waals surface area contributed by atoms with Gasteiger partial charge >= 0.3 is 0 Å². The molecule has 0 atom stereocenters. The van der Waals surface area contributed by atoms with E-state index in [4.69, 9.17) is 9.15 Å². The molecular formula is C20H25N3O4. The van der Waals surface area contributed by atoms with E-state index in [1.165, 1.54) is 0 Å². The molecule has 2 heterocycles. The zero-order valence-corrected chi connectivity index (χ0v) is 15.5. The highest BCUT2D eigenvalue weighted by atomic mass is 16.5. The van der Waals surface area contributed by atoms with Crippen LogP contribution in [-0.2, 0) is 22.7 Å². The fourth-order valence-corrected chi connectivity index (χ4v) is 3.03. The van der Waals surface area contributed by atoms with Crippen LogP contribution in [-0.4, -0.2) is 61.4 Å². The third kappa shape index (κ3) is 5.42. The van der Waals surface area contributed by atoms with Crippen LogP contribution in [0, 0.1) is 0 Å². The Hall–Kier alpha value is -2.64. The van der Waals surface area contributed by atoms with Gasteiger partial charge in [0.25, 0.3) is 5.91 Å². The lowest BCUT2D eigenvalue weighted by Gasteiger charge is -2.33. The molecule has 1 N–H and O–H groups in total. The molecule has 2 aromatic rings. The van der Waals surface area contributed by atoms with Gasteiger partial charge in [-0.3, -0.25) is 14.5 Å². The van der Waals surface area contributed by atoms with Crippen LogP contribution in [0.15, 0.2) is 46.9 Å². The Balaban J connectivity index is 1.41. The molecule has 1 aromatic carbocycles. The average Bonchev–Trinajstić information content (AvgIpc) is 3.16. The van der Waals surface area contributed by atoms with Gasteiger partial charge < -0.3 is 19.4 Å². The monoisotopic (exact) mass is 371 g/mol. The normalized spacial score (nSPS) is 14.9. The van der Waals surface area contributed by atoms with E-state index in [-0.39, 0.29) is 11.8 Å². The van der Waals surface area contributed by atoms with Crippen molar-refractivity contribution in [1.29, 1.82) is 0 Å². The van der Waals surface area contributed by atoms with Gasteiger partial charge in [0, 0.05) is 39.8 Å². The number of piperazine rings is 1. The summed E-state index contributed by atoms with van der Waals surface area (Å²) in [7, 11) is 1.58. The number of benzene rings is 1.